The van der Waals surface area contributed by atoms with E-state index in [-0.39, 0.29) is 138 Å². The van der Waals surface area contributed by atoms with Crippen molar-refractivity contribution in [1.29, 1.82) is 0 Å². The molecule has 16 aliphatic rings. The van der Waals surface area contributed by atoms with E-state index in [1.165, 1.54) is 6.92 Å². The second-order valence-corrected chi connectivity index (χ2v) is 42.9. The molecule has 18 atom stereocenters. The zero-order chi connectivity index (χ0) is 109. The molecule has 12 aliphatic heterocycles. The summed E-state index contributed by atoms with van der Waals surface area (Å²) in [4.78, 5) is 102. The van der Waals surface area contributed by atoms with E-state index in [4.69, 9.17) is 161 Å². The third kappa shape index (κ3) is 37.2. The van der Waals surface area contributed by atoms with Gasteiger partial charge in [-0.1, -0.05) is 39.5 Å². The van der Waals surface area contributed by atoms with Crippen LogP contribution in [0.2, 0.25) is 0 Å². The fraction of sp³-hybridized carbons (Fsp3) is 0.802. The van der Waals surface area contributed by atoms with Crippen molar-refractivity contribution in [2.24, 2.45) is 0 Å². The summed E-state index contributed by atoms with van der Waals surface area (Å²) < 4.78 is 199. The molecule has 0 bridgehead atoms. The number of hydrogen-bond donors (Lipinski definition) is 0. The summed E-state index contributed by atoms with van der Waals surface area (Å²) in [6.07, 6.45) is 14.9. The molecule has 12 heterocycles. The molecule has 16 fully saturated rings. The molecule has 18 unspecified atom stereocenters. The first-order valence-corrected chi connectivity index (χ1v) is 52.1. The molecule has 0 N–H and O–H groups in total. The summed E-state index contributed by atoms with van der Waals surface area (Å²) in [7, 11) is 0. The first-order chi connectivity index (χ1) is 70.6. The number of carbonyl (C=O) groups is 9. The Morgan fingerprint density at radius 1 is 0.253 bits per heavy atom. The predicted molar refractivity (Wildman–Crippen MR) is 521 cm³/mol. The van der Waals surface area contributed by atoms with E-state index in [0.717, 1.165) is 127 Å². The Bertz CT molecular complexity index is 4490. The van der Waals surface area contributed by atoms with Gasteiger partial charge in [-0.05, 0) is 176 Å². The Labute approximate surface area is 878 Å². The molecule has 150 heavy (non-hydrogen) atoms. The van der Waals surface area contributed by atoms with Crippen LogP contribution >= 0.6 is 0 Å². The maximum atomic E-state index is 12.0. The normalized spacial score (nSPS) is 31.9. The van der Waals surface area contributed by atoms with Crippen LogP contribution in [0.4, 0.5) is 0 Å². The highest BCUT2D eigenvalue weighted by Gasteiger charge is 2.61. The maximum absolute atomic E-state index is 12.0. The molecule has 4 aliphatic carbocycles. The lowest BCUT2D eigenvalue weighted by molar-refractivity contribution is -0.195. The topological polar surface area (TPSA) is 477 Å². The van der Waals surface area contributed by atoms with Gasteiger partial charge in [-0.15, -0.1) is 0 Å². The van der Waals surface area contributed by atoms with E-state index >= 15 is 0 Å². The predicted octanol–water partition coefficient (Wildman–Crippen LogP) is 10.7. The van der Waals surface area contributed by atoms with Gasteiger partial charge in [0.2, 0.25) is 0 Å². The summed E-state index contributed by atoms with van der Waals surface area (Å²) in [6, 6.07) is 0. The standard InChI is InChI=1S/C21H30O8.C19H28O6.C17H26O8.C17H28O7.C16H24O8.C16H26O7/c1-14(2)19(23)25-13-17(22)24-11-15-18(29-21(28-15)9-5-6-10-21)16-12-26-20(27-16)7-3-4-8-20;1-13(2)17(20)21-11-14-16(25-19(24-14)9-5-6-10-19)15-12-22-18(23-15)7-3-4-8-18;1-6-13(18)20-8-7-14(19)21-9-11-15(25-17(4,5)24-11)12-10-22-16(2,3)23-12;1-6-14(18)20-9-7-8-19-10-12-15(24-17(4,5)23-12)13-11-21-16(2,3)22-13;1-6-12(17)20-9-13(18)19-7-10-14(24-16(4,5)23-10)11-8-21-15(2,3)22-11;1-6-13(17)19-8-7-18-9-11-14(23-16(4,5)22-11)12-10-20-15(2,3)21-12/h15-16,18H,1,3-13H2,2H3;14-16H,1,3-12H2,2H3;6,11-12,15H,1,7-10H2,2-5H3;6,12-13,15H,1,7-11H2,2-5H3;6,10-11,14H,1,7-9H2,2-5H3;6,11-12,14H,1,7-10H2,2-5H3. The van der Waals surface area contributed by atoms with E-state index in [2.05, 4.69) is 44.2 Å². The van der Waals surface area contributed by atoms with Crippen LogP contribution in [0.1, 0.15) is 240 Å². The molecule has 0 radical (unpaired) electrons. The second kappa shape index (κ2) is 54.1. The maximum Gasteiger partial charge on any atom is 0.344 e. The van der Waals surface area contributed by atoms with Gasteiger partial charge in [-0.2, -0.15) is 0 Å². The molecular formula is C106H162O44. The number of rotatable bonds is 38. The second-order valence-electron chi connectivity index (χ2n) is 42.9. The molecule has 0 aromatic carbocycles. The highest BCUT2D eigenvalue weighted by atomic mass is 16.8. The largest absolute Gasteiger partial charge is 0.463 e. The average Bonchev–Trinajstić information content (AvgIpc) is 1.61. The Morgan fingerprint density at radius 3 is 0.853 bits per heavy atom. The molecule has 850 valence electrons. The smallest absolute Gasteiger partial charge is 0.344 e. The molecule has 0 aromatic rings. The molecule has 4 saturated carbocycles. The summed E-state index contributed by atoms with van der Waals surface area (Å²) in [5.74, 6) is -12.7. The summed E-state index contributed by atoms with van der Waals surface area (Å²) in [6.45, 7) is 56.5. The van der Waals surface area contributed by atoms with Gasteiger partial charge in [0.05, 0.1) is 72.5 Å². The van der Waals surface area contributed by atoms with Gasteiger partial charge in [0.25, 0.3) is 0 Å². The van der Waals surface area contributed by atoms with Crippen LogP contribution in [0.3, 0.4) is 0 Å². The van der Waals surface area contributed by atoms with Crippen molar-refractivity contribution in [3.8, 4) is 0 Å². The van der Waals surface area contributed by atoms with Crippen molar-refractivity contribution in [2.75, 3.05) is 126 Å². The Balaban J connectivity index is 0.000000171. The van der Waals surface area contributed by atoms with Crippen molar-refractivity contribution in [1.82, 2.24) is 0 Å². The van der Waals surface area contributed by atoms with Crippen molar-refractivity contribution < 1.29 is 209 Å². The van der Waals surface area contributed by atoms with Gasteiger partial charge in [-0.3, -0.25) is 4.79 Å². The van der Waals surface area contributed by atoms with Crippen molar-refractivity contribution in [3.63, 3.8) is 0 Å². The average molecular weight is 2140 g/mol. The highest BCUT2D eigenvalue weighted by Crippen LogP contribution is 2.51. The summed E-state index contributed by atoms with van der Waals surface area (Å²) in [5, 5.41) is 0. The van der Waals surface area contributed by atoms with E-state index in [1.807, 2.05) is 83.1 Å². The van der Waals surface area contributed by atoms with Crippen LogP contribution < -0.4 is 0 Å². The van der Waals surface area contributed by atoms with E-state index in [0.29, 0.717) is 78.1 Å². The van der Waals surface area contributed by atoms with Crippen LogP contribution in [-0.4, -0.2) is 359 Å². The molecule has 4 spiro atoms. The van der Waals surface area contributed by atoms with Crippen LogP contribution in [-0.2, 0) is 209 Å². The fourth-order valence-corrected chi connectivity index (χ4v) is 19.9. The zero-order valence-corrected chi connectivity index (χ0v) is 90.6. The van der Waals surface area contributed by atoms with Gasteiger partial charge in [0, 0.05) is 99.8 Å². The zero-order valence-electron chi connectivity index (χ0n) is 90.6. The molecular weight excluding hydrogens is 1980 g/mol. The third-order valence-electron chi connectivity index (χ3n) is 26.5. The van der Waals surface area contributed by atoms with E-state index in [1.54, 1.807) is 34.6 Å². The van der Waals surface area contributed by atoms with Crippen LogP contribution in [0, 0.1) is 0 Å². The quantitative estimate of drug-likeness (QED) is 0.0240. The van der Waals surface area contributed by atoms with Gasteiger partial charge < -0.3 is 166 Å². The SMILES string of the molecule is C=C(C)C(=O)OCC(=O)OCC1OC2(CCCC2)OC1C1COC2(CCCC2)O1.C=C(C)C(=O)OCC1OC2(CCCC2)OC1C1COC2(CCCC2)O1.C=CC(=O)OCC(=O)OCC1OC(C)(C)OC1C1COC(C)(C)O1.C=CC(=O)OCCC(=O)OCC1OC(C)(C)OC1C1COC(C)(C)O1.C=CC(=O)OCCCOCC1OC(C)(C)OC1C1COC(C)(C)O1.C=CC(=O)OCCOCC1OC(C)(C)OC1C1COC(C)(C)O1. The lowest BCUT2D eigenvalue weighted by Gasteiger charge is -2.26. The van der Waals surface area contributed by atoms with Crippen molar-refractivity contribution >= 4 is 53.7 Å². The van der Waals surface area contributed by atoms with Crippen LogP contribution in [0.25, 0.3) is 0 Å². The van der Waals surface area contributed by atoms with Crippen LogP contribution in [0.5, 0.6) is 0 Å². The Kier molecular flexibility index (Phi) is 44.3. The summed E-state index contributed by atoms with van der Waals surface area (Å²) in [5.41, 5.74) is 0.615. The molecule has 44 heteroatoms. The van der Waals surface area contributed by atoms with Gasteiger partial charge in [0.1, 0.15) is 150 Å². The molecule has 44 nitrogen and oxygen atoms in total. The van der Waals surface area contributed by atoms with Crippen molar-refractivity contribution in [3.05, 3.63) is 74.9 Å². The van der Waals surface area contributed by atoms with E-state index in [9.17, 15) is 43.2 Å². The molecule has 16 rings (SSSR count). The van der Waals surface area contributed by atoms with Gasteiger partial charge in [0.15, 0.2) is 82.7 Å². The van der Waals surface area contributed by atoms with Crippen LogP contribution in [0.15, 0.2) is 74.9 Å². The molecule has 12 saturated heterocycles. The molecule has 0 aromatic heterocycles. The molecule has 0 amide bonds. The number of carbonyl (C=O) groups excluding carboxylic acids is 9. The van der Waals surface area contributed by atoms with Crippen molar-refractivity contribution in [2.45, 2.75) is 420 Å². The monoisotopic (exact) mass is 2140 g/mol. The third-order valence-corrected chi connectivity index (χ3v) is 26.5. The number of esters is 9. The highest BCUT2D eigenvalue weighted by molar-refractivity contribution is 5.89. The van der Waals surface area contributed by atoms with E-state index < -0.39 is 167 Å². The minimum Gasteiger partial charge on any atom is -0.463 e. The van der Waals surface area contributed by atoms with Gasteiger partial charge in [-0.25, -0.2) is 38.4 Å². The minimum absolute atomic E-state index is 0.0165. The summed E-state index contributed by atoms with van der Waals surface area (Å²) >= 11 is 0. The Morgan fingerprint density at radius 2 is 0.520 bits per heavy atom. The lowest BCUT2D eigenvalue weighted by atomic mass is 10.1. The first-order valence-electron chi connectivity index (χ1n) is 52.1. The minimum atomic E-state index is -0.826. The number of hydrogen-bond acceptors (Lipinski definition) is 44. The first kappa shape index (κ1) is 123. The Hall–Kier alpha value is -7.37. The fourth-order valence-electron chi connectivity index (χ4n) is 19.9. The lowest BCUT2D eigenvalue weighted by Crippen LogP contribution is -2.41. The number of ether oxygens (including phenoxy) is 35. The van der Waals surface area contributed by atoms with Gasteiger partial charge >= 0.3 is 53.7 Å².